The zero-order valence-corrected chi connectivity index (χ0v) is 20.6. The summed E-state index contributed by atoms with van der Waals surface area (Å²) in [6, 6.07) is 19.7. The molecule has 0 saturated heterocycles. The third-order valence-corrected chi connectivity index (χ3v) is 6.01. The Hall–Kier alpha value is -3.18. The molecule has 0 unspecified atom stereocenters. The lowest BCUT2D eigenvalue weighted by atomic mass is 10.0. The second kappa shape index (κ2) is 11.6. The smallest absolute Gasteiger partial charge is 0.266 e. The number of halogens is 2. The number of ether oxygens (including phenoxy) is 1. The molecule has 0 spiro atoms. The summed E-state index contributed by atoms with van der Waals surface area (Å²) in [5.74, 6) is -0.111. The number of rotatable bonds is 8. The highest BCUT2D eigenvalue weighted by Gasteiger charge is 2.14. The Bertz CT molecular complexity index is 1210. The normalized spacial score (nSPS) is 11.1. The minimum atomic E-state index is -0.474. The summed E-state index contributed by atoms with van der Waals surface area (Å²) in [5.41, 5.74) is 4.24. The highest BCUT2D eigenvalue weighted by Crippen LogP contribution is 2.30. The summed E-state index contributed by atoms with van der Waals surface area (Å²) in [7, 11) is 0. The predicted molar refractivity (Wildman–Crippen MR) is 138 cm³/mol. The molecule has 3 aromatic carbocycles. The van der Waals surface area contributed by atoms with Crippen LogP contribution in [0.2, 0.25) is 0 Å². The lowest BCUT2D eigenvalue weighted by Crippen LogP contribution is -2.13. The highest BCUT2D eigenvalue weighted by atomic mass is 127. The molecular formula is C27H24FIN2O2. The molecule has 0 saturated carbocycles. The average molecular weight is 554 g/mol. The fourth-order valence-corrected chi connectivity index (χ4v) is 4.18. The van der Waals surface area contributed by atoms with Gasteiger partial charge in [-0.1, -0.05) is 31.2 Å². The molecule has 0 heterocycles. The molecule has 33 heavy (non-hydrogen) atoms. The van der Waals surface area contributed by atoms with E-state index in [1.165, 1.54) is 17.7 Å². The topological polar surface area (TPSA) is 62.1 Å². The molecule has 0 aliphatic heterocycles. The van der Waals surface area contributed by atoms with Crippen molar-refractivity contribution in [3.05, 3.63) is 97.9 Å². The van der Waals surface area contributed by atoms with Gasteiger partial charge in [0.1, 0.15) is 23.2 Å². The van der Waals surface area contributed by atoms with Crippen LogP contribution in [0.1, 0.15) is 36.1 Å². The Kier molecular flexibility index (Phi) is 8.61. The van der Waals surface area contributed by atoms with E-state index in [0.717, 1.165) is 21.1 Å². The standard InChI is InChI=1S/C27H24FIN2O2/c1-3-18-8-10-23(11-9-18)31-27(32)21(17-30)12-20-15-25(29)24(26(16-20)33-4-2)14-19-6-5-7-22(28)13-19/h5-13,15-16H,3-4,14H2,1-2H3,(H,31,32)/b21-12+. The Labute approximate surface area is 207 Å². The molecule has 0 aliphatic carbocycles. The van der Waals surface area contributed by atoms with Crippen molar-refractivity contribution in [1.82, 2.24) is 0 Å². The van der Waals surface area contributed by atoms with Crippen LogP contribution in [0.4, 0.5) is 10.1 Å². The minimum Gasteiger partial charge on any atom is -0.494 e. The number of nitrogens with one attached hydrogen (secondary N) is 1. The first kappa shape index (κ1) is 24.5. The fourth-order valence-electron chi connectivity index (χ4n) is 3.36. The summed E-state index contributed by atoms with van der Waals surface area (Å²) in [5, 5.41) is 12.4. The summed E-state index contributed by atoms with van der Waals surface area (Å²) in [6.07, 6.45) is 2.97. The molecule has 0 radical (unpaired) electrons. The number of nitrogens with zero attached hydrogens (tertiary/aromatic N) is 1. The van der Waals surface area contributed by atoms with Crippen molar-refractivity contribution in [2.75, 3.05) is 11.9 Å². The van der Waals surface area contributed by atoms with Crippen LogP contribution in [0.3, 0.4) is 0 Å². The lowest BCUT2D eigenvalue weighted by Gasteiger charge is -2.14. The molecule has 1 amide bonds. The lowest BCUT2D eigenvalue weighted by molar-refractivity contribution is -0.112. The summed E-state index contributed by atoms with van der Waals surface area (Å²) >= 11 is 2.20. The first-order valence-corrected chi connectivity index (χ1v) is 11.7. The van der Waals surface area contributed by atoms with Gasteiger partial charge >= 0.3 is 0 Å². The second-order valence-electron chi connectivity index (χ2n) is 7.39. The van der Waals surface area contributed by atoms with Crippen LogP contribution < -0.4 is 10.1 Å². The number of carbonyl (C=O) groups is 1. The molecule has 4 nitrogen and oxygen atoms in total. The van der Waals surface area contributed by atoms with E-state index < -0.39 is 5.91 Å². The first-order chi connectivity index (χ1) is 15.9. The van der Waals surface area contributed by atoms with E-state index in [4.69, 9.17) is 4.74 Å². The summed E-state index contributed by atoms with van der Waals surface area (Å²) < 4.78 is 20.4. The van der Waals surface area contributed by atoms with Crippen molar-refractivity contribution in [3.8, 4) is 11.8 Å². The number of hydrogen-bond donors (Lipinski definition) is 1. The van der Waals surface area contributed by atoms with E-state index >= 15 is 0 Å². The van der Waals surface area contributed by atoms with Crippen LogP contribution in [0.15, 0.2) is 66.2 Å². The van der Waals surface area contributed by atoms with Crippen LogP contribution in [0.25, 0.3) is 6.08 Å². The van der Waals surface area contributed by atoms with Gasteiger partial charge in [0.25, 0.3) is 5.91 Å². The van der Waals surface area contributed by atoms with Gasteiger partial charge in [-0.3, -0.25) is 4.79 Å². The zero-order chi connectivity index (χ0) is 23.8. The number of nitriles is 1. The van der Waals surface area contributed by atoms with Crippen molar-refractivity contribution in [1.29, 1.82) is 5.26 Å². The number of benzene rings is 3. The van der Waals surface area contributed by atoms with E-state index in [0.29, 0.717) is 30.0 Å². The van der Waals surface area contributed by atoms with E-state index in [2.05, 4.69) is 34.8 Å². The number of aryl methyl sites for hydroxylation is 1. The van der Waals surface area contributed by atoms with Gasteiger partial charge in [-0.2, -0.15) is 5.26 Å². The molecule has 3 rings (SSSR count). The Morgan fingerprint density at radius 2 is 1.88 bits per heavy atom. The quantitative estimate of drug-likeness (QED) is 0.196. The van der Waals surface area contributed by atoms with E-state index in [-0.39, 0.29) is 11.4 Å². The maximum absolute atomic E-state index is 13.6. The molecule has 0 aromatic heterocycles. The number of anilines is 1. The third-order valence-electron chi connectivity index (χ3n) is 5.04. The molecular weight excluding hydrogens is 530 g/mol. The van der Waals surface area contributed by atoms with Crippen molar-refractivity contribution in [2.24, 2.45) is 0 Å². The molecule has 3 aromatic rings. The zero-order valence-electron chi connectivity index (χ0n) is 18.5. The van der Waals surface area contributed by atoms with Gasteiger partial charge < -0.3 is 10.1 Å². The van der Waals surface area contributed by atoms with Gasteiger partial charge in [0.2, 0.25) is 0 Å². The molecule has 1 N–H and O–H groups in total. The summed E-state index contributed by atoms with van der Waals surface area (Å²) in [4.78, 5) is 12.7. The maximum Gasteiger partial charge on any atom is 0.266 e. The Morgan fingerprint density at radius 3 is 2.52 bits per heavy atom. The monoisotopic (exact) mass is 554 g/mol. The Balaban J connectivity index is 1.88. The van der Waals surface area contributed by atoms with Crippen molar-refractivity contribution >= 4 is 40.3 Å². The highest BCUT2D eigenvalue weighted by molar-refractivity contribution is 14.1. The van der Waals surface area contributed by atoms with Crippen LogP contribution in [0, 0.1) is 20.7 Å². The molecule has 0 aliphatic rings. The molecule has 168 valence electrons. The third kappa shape index (κ3) is 6.65. The predicted octanol–water partition coefficient (Wildman–Crippen LogP) is 6.53. The van der Waals surface area contributed by atoms with E-state index in [1.807, 2.05) is 49.4 Å². The SMILES string of the molecule is CCOc1cc(/C=C(\C#N)C(=O)Nc2ccc(CC)cc2)cc(I)c1Cc1cccc(F)c1. The number of amides is 1. The van der Waals surface area contributed by atoms with Gasteiger partial charge in [0.05, 0.1) is 6.61 Å². The van der Waals surface area contributed by atoms with Crippen LogP contribution in [-0.2, 0) is 17.6 Å². The van der Waals surface area contributed by atoms with Crippen molar-refractivity contribution in [2.45, 2.75) is 26.7 Å². The fraction of sp³-hybridized carbons (Fsp3) is 0.185. The van der Waals surface area contributed by atoms with Gasteiger partial charge in [-0.15, -0.1) is 0 Å². The molecule has 0 bridgehead atoms. The molecule has 0 atom stereocenters. The van der Waals surface area contributed by atoms with Gasteiger partial charge in [-0.25, -0.2) is 4.39 Å². The number of carbonyl (C=O) groups excluding carboxylic acids is 1. The first-order valence-electron chi connectivity index (χ1n) is 10.6. The minimum absolute atomic E-state index is 0.00861. The largest absolute Gasteiger partial charge is 0.494 e. The van der Waals surface area contributed by atoms with E-state index in [1.54, 1.807) is 18.2 Å². The van der Waals surface area contributed by atoms with Crippen molar-refractivity contribution in [3.63, 3.8) is 0 Å². The second-order valence-corrected chi connectivity index (χ2v) is 8.56. The Morgan fingerprint density at radius 1 is 1.12 bits per heavy atom. The van der Waals surface area contributed by atoms with Gasteiger partial charge in [0, 0.05) is 21.2 Å². The summed E-state index contributed by atoms with van der Waals surface area (Å²) in [6.45, 7) is 4.41. The average Bonchev–Trinajstić information content (AvgIpc) is 2.80. The van der Waals surface area contributed by atoms with E-state index in [9.17, 15) is 14.4 Å². The van der Waals surface area contributed by atoms with Crippen LogP contribution in [0.5, 0.6) is 5.75 Å². The van der Waals surface area contributed by atoms with Gasteiger partial charge in [0.15, 0.2) is 0 Å². The van der Waals surface area contributed by atoms with Crippen molar-refractivity contribution < 1.29 is 13.9 Å². The van der Waals surface area contributed by atoms with Crippen LogP contribution >= 0.6 is 22.6 Å². The number of hydrogen-bond acceptors (Lipinski definition) is 3. The maximum atomic E-state index is 13.6. The van der Waals surface area contributed by atoms with Gasteiger partial charge in [-0.05, 0) is 95.1 Å². The van der Waals surface area contributed by atoms with Crippen LogP contribution in [-0.4, -0.2) is 12.5 Å². The molecule has 6 heteroatoms. The molecule has 0 fully saturated rings.